The summed E-state index contributed by atoms with van der Waals surface area (Å²) in [5.74, 6) is -0.623. The molecule has 0 heterocycles. The van der Waals surface area contributed by atoms with Crippen molar-refractivity contribution in [3.05, 3.63) is 0 Å². The number of hydrogen-bond donors (Lipinski definition) is 1. The maximum Gasteiger partial charge on any atom is 0.319 e. The maximum absolute atomic E-state index is 12.1. The fourth-order valence-electron chi connectivity index (χ4n) is 4.59. The predicted molar refractivity (Wildman–Crippen MR) is 127 cm³/mol. The molecular weight excluding hydrogens is 389 g/mol. The SMILES string of the molecule is C[Si](C)(C)N(CCCC[C@@H](C(=O)O)N([Si](C)(C)C)[Si](C)(C)C)[Si](C)(C)C. The second-order valence-electron chi connectivity index (χ2n) is 11.6. The van der Waals surface area contributed by atoms with Gasteiger partial charge in [-0.2, -0.15) is 0 Å². The fraction of sp³-hybridized carbons (Fsp3) is 0.944. The van der Waals surface area contributed by atoms with Gasteiger partial charge in [0, 0.05) is 0 Å². The van der Waals surface area contributed by atoms with E-state index < -0.39 is 38.9 Å². The lowest BCUT2D eigenvalue weighted by atomic mass is 10.1. The zero-order valence-corrected chi connectivity index (χ0v) is 23.7. The van der Waals surface area contributed by atoms with E-state index in [2.05, 4.69) is 87.0 Å². The van der Waals surface area contributed by atoms with Crippen molar-refractivity contribution in [3.8, 4) is 0 Å². The van der Waals surface area contributed by atoms with Gasteiger partial charge in [-0.1, -0.05) is 85.0 Å². The topological polar surface area (TPSA) is 43.8 Å². The number of carbonyl (C=O) groups is 1. The molecular formula is C18H46N2O2Si4. The lowest BCUT2D eigenvalue weighted by Gasteiger charge is -2.47. The molecule has 0 rings (SSSR count). The molecule has 0 aromatic heterocycles. The Morgan fingerprint density at radius 2 is 1.12 bits per heavy atom. The van der Waals surface area contributed by atoms with Crippen molar-refractivity contribution >= 4 is 38.9 Å². The zero-order valence-electron chi connectivity index (χ0n) is 19.7. The Kier molecular flexibility index (Phi) is 9.26. The van der Waals surface area contributed by atoms with E-state index in [1.54, 1.807) is 0 Å². The number of nitrogens with zero attached hydrogens (tertiary/aromatic N) is 2. The van der Waals surface area contributed by atoms with Crippen LogP contribution in [0.1, 0.15) is 19.3 Å². The number of hydrogen-bond acceptors (Lipinski definition) is 3. The van der Waals surface area contributed by atoms with Crippen LogP contribution in [0, 0.1) is 0 Å². The largest absolute Gasteiger partial charge is 0.480 e. The molecule has 0 saturated carbocycles. The molecule has 156 valence electrons. The van der Waals surface area contributed by atoms with E-state index in [0.717, 1.165) is 25.8 Å². The van der Waals surface area contributed by atoms with Crippen molar-refractivity contribution in [1.82, 2.24) is 8.46 Å². The van der Waals surface area contributed by atoms with Gasteiger partial charge in [-0.15, -0.1) is 0 Å². The molecule has 4 nitrogen and oxygen atoms in total. The summed E-state index contributed by atoms with van der Waals surface area (Å²) >= 11 is 0. The Morgan fingerprint density at radius 1 is 0.731 bits per heavy atom. The summed E-state index contributed by atoms with van der Waals surface area (Å²) in [7, 11) is -5.99. The molecule has 0 bridgehead atoms. The third-order valence-electron chi connectivity index (χ3n) is 4.77. The number of aliphatic carboxylic acids is 1. The summed E-state index contributed by atoms with van der Waals surface area (Å²) in [5.41, 5.74) is 0. The first-order valence-electron chi connectivity index (χ1n) is 10.1. The first-order valence-corrected chi connectivity index (χ1v) is 23.9. The third-order valence-corrected chi connectivity index (χ3v) is 20.0. The summed E-state index contributed by atoms with van der Waals surface area (Å²) in [6, 6.07) is -0.305. The quantitative estimate of drug-likeness (QED) is 0.342. The van der Waals surface area contributed by atoms with Crippen LogP contribution in [0.3, 0.4) is 0 Å². The van der Waals surface area contributed by atoms with Crippen LogP contribution >= 0.6 is 0 Å². The van der Waals surface area contributed by atoms with Crippen molar-refractivity contribution in [2.24, 2.45) is 0 Å². The molecule has 1 atom stereocenters. The standard InChI is InChI=1S/C18H46N2O2Si4/c1-23(2,3)19(24(4,5)6)16-14-13-15-17(18(21)22)20(25(7,8)9)26(10,11)12/h17H,13-16H2,1-12H3,(H,21,22)/t17-/m0/s1. The summed E-state index contributed by atoms with van der Waals surface area (Å²) in [4.78, 5) is 12.1. The Balaban J connectivity index is 5.10. The summed E-state index contributed by atoms with van der Waals surface area (Å²) in [6.07, 6.45) is 2.91. The van der Waals surface area contributed by atoms with Crippen LogP contribution in [0.2, 0.25) is 78.6 Å². The van der Waals surface area contributed by atoms with Gasteiger partial charge in [0.1, 0.15) is 32.9 Å². The van der Waals surface area contributed by atoms with E-state index in [1.807, 2.05) is 0 Å². The zero-order chi connectivity index (χ0) is 21.1. The average Bonchev–Trinajstić information content (AvgIpc) is 2.29. The number of carboxylic acid groups (broad SMARTS) is 1. The molecule has 0 fully saturated rings. The van der Waals surface area contributed by atoms with E-state index in [1.165, 1.54) is 0 Å². The smallest absolute Gasteiger partial charge is 0.319 e. The molecule has 0 aliphatic heterocycles. The lowest BCUT2D eigenvalue weighted by Crippen LogP contribution is -2.65. The molecule has 0 aliphatic carbocycles. The van der Waals surface area contributed by atoms with Gasteiger partial charge < -0.3 is 13.6 Å². The molecule has 8 heteroatoms. The van der Waals surface area contributed by atoms with E-state index in [-0.39, 0.29) is 6.04 Å². The summed E-state index contributed by atoms with van der Waals surface area (Å²) in [5, 5.41) is 9.94. The molecule has 0 aromatic rings. The van der Waals surface area contributed by atoms with Gasteiger partial charge in [0.05, 0.1) is 6.04 Å². The Hall–Kier alpha value is 0.258. The predicted octanol–water partition coefficient (Wildman–Crippen LogP) is 5.55. The van der Waals surface area contributed by atoms with Gasteiger partial charge in [-0.05, 0) is 19.4 Å². The normalized spacial score (nSPS) is 15.6. The average molecular weight is 435 g/mol. The highest BCUT2D eigenvalue weighted by Gasteiger charge is 2.42. The second-order valence-corrected chi connectivity index (χ2v) is 31.9. The lowest BCUT2D eigenvalue weighted by molar-refractivity contribution is -0.140. The van der Waals surface area contributed by atoms with E-state index in [4.69, 9.17) is 0 Å². The van der Waals surface area contributed by atoms with Crippen LogP contribution in [0.5, 0.6) is 0 Å². The van der Waals surface area contributed by atoms with Gasteiger partial charge in [0.15, 0.2) is 0 Å². The number of unbranched alkanes of at least 4 members (excludes halogenated alkanes) is 1. The van der Waals surface area contributed by atoms with Gasteiger partial charge in [0.25, 0.3) is 0 Å². The van der Waals surface area contributed by atoms with Crippen molar-refractivity contribution in [1.29, 1.82) is 0 Å². The Bertz CT molecular complexity index is 432. The van der Waals surface area contributed by atoms with Crippen molar-refractivity contribution in [3.63, 3.8) is 0 Å². The molecule has 0 spiro atoms. The highest BCUT2D eigenvalue weighted by molar-refractivity contribution is 6.90. The van der Waals surface area contributed by atoms with Crippen LogP contribution in [-0.2, 0) is 4.79 Å². The summed E-state index contributed by atoms with van der Waals surface area (Å²) in [6.45, 7) is 29.5. The first kappa shape index (κ1) is 26.3. The minimum atomic E-state index is -1.67. The second kappa shape index (κ2) is 9.17. The minimum Gasteiger partial charge on any atom is -0.480 e. The third kappa shape index (κ3) is 8.51. The van der Waals surface area contributed by atoms with Crippen LogP contribution in [0.4, 0.5) is 0 Å². The molecule has 26 heavy (non-hydrogen) atoms. The monoisotopic (exact) mass is 434 g/mol. The molecule has 0 aromatic carbocycles. The number of carboxylic acids is 1. The van der Waals surface area contributed by atoms with Gasteiger partial charge in [-0.3, -0.25) is 4.79 Å². The number of rotatable bonds is 11. The van der Waals surface area contributed by atoms with E-state index >= 15 is 0 Å². The van der Waals surface area contributed by atoms with E-state index in [9.17, 15) is 9.90 Å². The van der Waals surface area contributed by atoms with E-state index in [0.29, 0.717) is 0 Å². The highest BCUT2D eigenvalue weighted by atomic mass is 28.4. The minimum absolute atomic E-state index is 0.305. The molecule has 0 unspecified atom stereocenters. The Morgan fingerprint density at radius 3 is 1.38 bits per heavy atom. The fourth-order valence-corrected chi connectivity index (χ4v) is 24.7. The molecule has 0 saturated heterocycles. The van der Waals surface area contributed by atoms with Crippen LogP contribution < -0.4 is 0 Å². The maximum atomic E-state index is 12.1. The highest BCUT2D eigenvalue weighted by Crippen LogP contribution is 2.26. The van der Waals surface area contributed by atoms with Crippen LogP contribution in [0.15, 0.2) is 0 Å². The van der Waals surface area contributed by atoms with Gasteiger partial charge >= 0.3 is 5.97 Å². The van der Waals surface area contributed by atoms with Crippen molar-refractivity contribution < 1.29 is 9.90 Å². The van der Waals surface area contributed by atoms with Gasteiger partial charge in [0.2, 0.25) is 0 Å². The van der Waals surface area contributed by atoms with Crippen molar-refractivity contribution in [2.75, 3.05) is 6.54 Å². The molecule has 0 amide bonds. The molecule has 0 aliphatic rings. The van der Waals surface area contributed by atoms with Crippen LogP contribution in [-0.4, -0.2) is 65.1 Å². The van der Waals surface area contributed by atoms with Crippen LogP contribution in [0.25, 0.3) is 0 Å². The first-order chi connectivity index (χ1) is 11.3. The van der Waals surface area contributed by atoms with Crippen molar-refractivity contribution in [2.45, 2.75) is 104 Å². The molecule has 0 radical (unpaired) electrons. The van der Waals surface area contributed by atoms with Gasteiger partial charge in [-0.25, -0.2) is 0 Å². The Labute approximate surface area is 167 Å². The molecule has 1 N–H and O–H groups in total. The summed E-state index contributed by atoms with van der Waals surface area (Å²) < 4.78 is 5.27.